The van der Waals surface area contributed by atoms with Gasteiger partial charge in [0.25, 0.3) is 0 Å². The molecule has 1 aliphatic rings. The Balaban J connectivity index is 1.87. The third-order valence-electron chi connectivity index (χ3n) is 3.01. The van der Waals surface area contributed by atoms with E-state index in [0.717, 1.165) is 18.1 Å². The van der Waals surface area contributed by atoms with E-state index in [1.807, 2.05) is 0 Å². The number of anilines is 1. The van der Waals surface area contributed by atoms with Gasteiger partial charge in [0.05, 0.1) is 0 Å². The van der Waals surface area contributed by atoms with Gasteiger partial charge in [-0.05, 0) is 36.1 Å². The van der Waals surface area contributed by atoms with Crippen molar-refractivity contribution < 1.29 is 14.7 Å². The largest absolute Gasteiger partial charge is 0.478 e. The Morgan fingerprint density at radius 3 is 2.47 bits per heavy atom. The Bertz CT molecular complexity index is 508. The summed E-state index contributed by atoms with van der Waals surface area (Å²) in [7, 11) is 0. The lowest BCUT2D eigenvalue weighted by molar-refractivity contribution is -0.131. The Kier molecular flexibility index (Phi) is 3.85. The third kappa shape index (κ3) is 4.13. The predicted octanol–water partition coefficient (Wildman–Crippen LogP) is 2.31. The summed E-state index contributed by atoms with van der Waals surface area (Å²) in [6.45, 7) is 2.09. The molecule has 19 heavy (non-hydrogen) atoms. The Morgan fingerprint density at radius 1 is 1.32 bits per heavy atom. The molecule has 0 saturated heterocycles. The molecule has 5 nitrogen and oxygen atoms in total. The number of carbonyl (C=O) groups is 2. The van der Waals surface area contributed by atoms with Gasteiger partial charge in [-0.2, -0.15) is 0 Å². The van der Waals surface area contributed by atoms with Crippen LogP contribution in [0.15, 0.2) is 30.3 Å². The highest BCUT2D eigenvalue weighted by Crippen LogP contribution is 2.28. The molecular weight excluding hydrogens is 244 g/mol. The summed E-state index contributed by atoms with van der Waals surface area (Å²) < 4.78 is 0. The molecule has 0 aliphatic heterocycles. The first kappa shape index (κ1) is 13.1. The van der Waals surface area contributed by atoms with Crippen LogP contribution in [0, 0.1) is 5.92 Å². The summed E-state index contributed by atoms with van der Waals surface area (Å²) >= 11 is 0. The second kappa shape index (κ2) is 5.56. The summed E-state index contributed by atoms with van der Waals surface area (Å²) in [4.78, 5) is 22.0. The number of benzene rings is 1. The van der Waals surface area contributed by atoms with Gasteiger partial charge in [-0.3, -0.25) is 0 Å². The zero-order chi connectivity index (χ0) is 13.8. The van der Waals surface area contributed by atoms with E-state index >= 15 is 0 Å². The molecule has 2 rings (SSSR count). The monoisotopic (exact) mass is 260 g/mol. The molecule has 0 heterocycles. The maximum Gasteiger partial charge on any atom is 0.328 e. The number of hydrogen-bond acceptors (Lipinski definition) is 2. The van der Waals surface area contributed by atoms with Crippen LogP contribution in [0.1, 0.15) is 18.9 Å². The minimum absolute atomic E-state index is 0.205. The van der Waals surface area contributed by atoms with Crippen molar-refractivity contribution in [2.75, 3.05) is 5.32 Å². The predicted molar refractivity (Wildman–Crippen MR) is 72.8 cm³/mol. The number of amides is 2. The number of nitrogens with one attached hydrogen (secondary N) is 2. The maximum absolute atomic E-state index is 11.6. The van der Waals surface area contributed by atoms with Crippen molar-refractivity contribution in [3.05, 3.63) is 35.9 Å². The molecule has 0 spiro atoms. The fourth-order valence-electron chi connectivity index (χ4n) is 1.70. The zero-order valence-corrected chi connectivity index (χ0v) is 10.6. The Hall–Kier alpha value is -2.30. The number of aliphatic carboxylic acids is 1. The van der Waals surface area contributed by atoms with Gasteiger partial charge >= 0.3 is 12.0 Å². The van der Waals surface area contributed by atoms with E-state index in [-0.39, 0.29) is 12.1 Å². The molecule has 0 bridgehead atoms. The number of carbonyl (C=O) groups excluding carboxylic acids is 1. The van der Waals surface area contributed by atoms with Gasteiger partial charge in [-0.25, -0.2) is 9.59 Å². The van der Waals surface area contributed by atoms with Crippen LogP contribution in [-0.2, 0) is 4.79 Å². The molecule has 5 heteroatoms. The van der Waals surface area contributed by atoms with Crippen LogP contribution in [0.25, 0.3) is 6.08 Å². The first-order chi connectivity index (χ1) is 9.04. The molecule has 1 aromatic carbocycles. The second-order valence-electron chi connectivity index (χ2n) is 4.71. The number of urea groups is 1. The molecule has 0 aromatic heterocycles. The average Bonchev–Trinajstić information content (AvgIpc) is 3.03. The SMILES string of the molecule is CC1CC1NC(=O)Nc1ccc(C=CC(=O)O)cc1. The lowest BCUT2D eigenvalue weighted by Gasteiger charge is -2.07. The van der Waals surface area contributed by atoms with Crippen LogP contribution in [0.3, 0.4) is 0 Å². The zero-order valence-electron chi connectivity index (χ0n) is 10.6. The Labute approximate surface area is 111 Å². The molecular formula is C14H16N2O3. The molecule has 3 N–H and O–H groups in total. The number of carboxylic acids is 1. The normalized spacial score (nSPS) is 21.1. The van der Waals surface area contributed by atoms with E-state index in [1.54, 1.807) is 24.3 Å². The van der Waals surface area contributed by atoms with Crippen LogP contribution in [0.4, 0.5) is 10.5 Å². The van der Waals surface area contributed by atoms with Gasteiger partial charge in [0.2, 0.25) is 0 Å². The molecule has 2 unspecified atom stereocenters. The smallest absolute Gasteiger partial charge is 0.328 e. The van der Waals surface area contributed by atoms with E-state index in [2.05, 4.69) is 17.6 Å². The molecule has 1 fully saturated rings. The maximum atomic E-state index is 11.6. The van der Waals surface area contributed by atoms with Crippen LogP contribution < -0.4 is 10.6 Å². The third-order valence-corrected chi connectivity index (χ3v) is 3.01. The van der Waals surface area contributed by atoms with Gasteiger partial charge in [0, 0.05) is 17.8 Å². The summed E-state index contributed by atoms with van der Waals surface area (Å²) in [6, 6.07) is 7.04. The minimum atomic E-state index is -0.986. The second-order valence-corrected chi connectivity index (χ2v) is 4.71. The topological polar surface area (TPSA) is 78.4 Å². The number of hydrogen-bond donors (Lipinski definition) is 3. The number of carboxylic acid groups (broad SMARTS) is 1. The van der Waals surface area contributed by atoms with Crippen molar-refractivity contribution in [2.45, 2.75) is 19.4 Å². The molecule has 2 amide bonds. The molecule has 1 aliphatic carbocycles. The van der Waals surface area contributed by atoms with Crippen LogP contribution in [0.5, 0.6) is 0 Å². The standard InChI is InChI=1S/C14H16N2O3/c1-9-8-12(9)16-14(19)15-11-5-2-10(3-6-11)4-7-13(17)18/h2-7,9,12H,8H2,1H3,(H,17,18)(H2,15,16,19). The lowest BCUT2D eigenvalue weighted by Crippen LogP contribution is -2.31. The van der Waals surface area contributed by atoms with Crippen molar-refractivity contribution in [3.63, 3.8) is 0 Å². The Morgan fingerprint density at radius 2 is 1.95 bits per heavy atom. The van der Waals surface area contributed by atoms with Crippen molar-refractivity contribution in [2.24, 2.45) is 5.92 Å². The van der Waals surface area contributed by atoms with E-state index in [1.165, 1.54) is 6.08 Å². The minimum Gasteiger partial charge on any atom is -0.478 e. The van der Waals surface area contributed by atoms with E-state index in [0.29, 0.717) is 11.6 Å². The summed E-state index contributed by atoms with van der Waals surface area (Å²) in [5.74, 6) is -0.422. The van der Waals surface area contributed by atoms with E-state index < -0.39 is 5.97 Å². The van der Waals surface area contributed by atoms with Gasteiger partial charge in [0.1, 0.15) is 0 Å². The highest BCUT2D eigenvalue weighted by molar-refractivity contribution is 5.90. The van der Waals surface area contributed by atoms with Crippen molar-refractivity contribution in [1.29, 1.82) is 0 Å². The fraction of sp³-hybridized carbons (Fsp3) is 0.286. The average molecular weight is 260 g/mol. The van der Waals surface area contributed by atoms with Crippen molar-refractivity contribution in [1.82, 2.24) is 5.32 Å². The summed E-state index contributed by atoms with van der Waals surface area (Å²) in [6.07, 6.45) is 3.61. The molecule has 1 aromatic rings. The van der Waals surface area contributed by atoms with Crippen LogP contribution in [-0.4, -0.2) is 23.1 Å². The molecule has 0 radical (unpaired) electrons. The van der Waals surface area contributed by atoms with Gasteiger partial charge < -0.3 is 15.7 Å². The van der Waals surface area contributed by atoms with Gasteiger partial charge in [-0.1, -0.05) is 19.1 Å². The lowest BCUT2D eigenvalue weighted by atomic mass is 10.2. The first-order valence-electron chi connectivity index (χ1n) is 6.13. The van der Waals surface area contributed by atoms with Crippen molar-refractivity contribution in [3.8, 4) is 0 Å². The quantitative estimate of drug-likeness (QED) is 0.727. The fourth-order valence-corrected chi connectivity index (χ4v) is 1.70. The number of rotatable bonds is 4. The van der Waals surface area contributed by atoms with Crippen LogP contribution >= 0.6 is 0 Å². The van der Waals surface area contributed by atoms with Gasteiger partial charge in [-0.15, -0.1) is 0 Å². The van der Waals surface area contributed by atoms with Crippen molar-refractivity contribution >= 4 is 23.8 Å². The first-order valence-corrected chi connectivity index (χ1v) is 6.13. The highest BCUT2D eigenvalue weighted by atomic mass is 16.4. The summed E-state index contributed by atoms with van der Waals surface area (Å²) in [5.41, 5.74) is 1.45. The molecule has 100 valence electrons. The van der Waals surface area contributed by atoms with E-state index in [4.69, 9.17) is 5.11 Å². The molecule has 2 atom stereocenters. The van der Waals surface area contributed by atoms with Gasteiger partial charge in [0.15, 0.2) is 0 Å². The summed E-state index contributed by atoms with van der Waals surface area (Å²) in [5, 5.41) is 14.1. The highest BCUT2D eigenvalue weighted by Gasteiger charge is 2.33. The van der Waals surface area contributed by atoms with E-state index in [9.17, 15) is 9.59 Å². The van der Waals surface area contributed by atoms with Crippen LogP contribution in [0.2, 0.25) is 0 Å². The molecule has 1 saturated carbocycles.